The molecule has 0 bridgehead atoms. The van der Waals surface area contributed by atoms with Gasteiger partial charge in [0.2, 0.25) is 0 Å². The molecule has 4 aromatic rings. The lowest BCUT2D eigenvalue weighted by atomic mass is 10.2. The van der Waals surface area contributed by atoms with Crippen LogP contribution >= 0.6 is 23.2 Å². The first-order valence-corrected chi connectivity index (χ1v) is 11.9. The molecule has 2 aromatic carbocycles. The lowest BCUT2D eigenvalue weighted by Gasteiger charge is -2.32. The number of methoxy groups -OCH3 is 1. The van der Waals surface area contributed by atoms with E-state index in [2.05, 4.69) is 15.3 Å². The van der Waals surface area contributed by atoms with Gasteiger partial charge in [0.05, 0.1) is 47.7 Å². The van der Waals surface area contributed by atoms with Gasteiger partial charge in [0.1, 0.15) is 31.1 Å². The minimum absolute atomic E-state index is 0.0981. The number of anilines is 2. The average molecular weight is 529 g/mol. The number of amides is 1. The van der Waals surface area contributed by atoms with Gasteiger partial charge in [-0.25, -0.2) is 9.97 Å². The molecular weight excluding hydrogens is 507 g/mol. The van der Waals surface area contributed by atoms with Crippen LogP contribution in [0.2, 0.25) is 10.0 Å². The maximum absolute atomic E-state index is 12.6. The second-order valence-corrected chi connectivity index (χ2v) is 8.88. The van der Waals surface area contributed by atoms with E-state index in [0.717, 1.165) is 11.1 Å². The third-order valence-corrected chi connectivity index (χ3v) is 6.46. The van der Waals surface area contributed by atoms with Gasteiger partial charge < -0.3 is 28.8 Å². The van der Waals surface area contributed by atoms with Crippen molar-refractivity contribution in [2.45, 2.75) is 6.10 Å². The predicted octanol–water partition coefficient (Wildman–Crippen LogP) is 5.20. The molecule has 1 saturated heterocycles. The molecule has 0 aliphatic carbocycles. The van der Waals surface area contributed by atoms with E-state index < -0.39 is 0 Å². The number of fused-ring (bicyclic) bond motifs is 1. The molecule has 1 atom stereocenters. The average Bonchev–Trinajstić information content (AvgIpc) is 3.44. The van der Waals surface area contributed by atoms with E-state index >= 15 is 0 Å². The molecule has 1 N–H and O–H groups in total. The number of furan rings is 1. The summed E-state index contributed by atoms with van der Waals surface area (Å²) in [6.07, 6.45) is 4.08. The Kier molecular flexibility index (Phi) is 7.13. The summed E-state index contributed by atoms with van der Waals surface area (Å²) in [4.78, 5) is 23.1. The normalized spacial score (nSPS) is 15.6. The van der Waals surface area contributed by atoms with E-state index in [-0.39, 0.29) is 18.6 Å². The molecule has 5 rings (SSSR count). The van der Waals surface area contributed by atoms with Gasteiger partial charge in [-0.2, -0.15) is 0 Å². The fourth-order valence-electron chi connectivity index (χ4n) is 3.90. The first-order valence-electron chi connectivity index (χ1n) is 11.1. The van der Waals surface area contributed by atoms with E-state index in [1.54, 1.807) is 42.3 Å². The number of carbonyl (C=O) groups is 1. The van der Waals surface area contributed by atoms with Gasteiger partial charge in [-0.15, -0.1) is 0 Å². The molecule has 0 radical (unpaired) electrons. The van der Waals surface area contributed by atoms with Crippen LogP contribution in [-0.2, 0) is 4.74 Å². The lowest BCUT2D eigenvalue weighted by Crippen LogP contribution is -2.47. The zero-order valence-electron chi connectivity index (χ0n) is 19.2. The van der Waals surface area contributed by atoms with Crippen molar-refractivity contribution in [1.82, 2.24) is 14.9 Å². The number of nitrogens with zero attached hydrogens (tertiary/aromatic N) is 3. The zero-order chi connectivity index (χ0) is 25.1. The van der Waals surface area contributed by atoms with Gasteiger partial charge in [-0.3, -0.25) is 4.79 Å². The van der Waals surface area contributed by atoms with Crippen molar-refractivity contribution in [3.63, 3.8) is 0 Å². The summed E-state index contributed by atoms with van der Waals surface area (Å²) in [5.74, 6) is 1.49. The highest BCUT2D eigenvalue weighted by atomic mass is 35.5. The molecule has 36 heavy (non-hydrogen) atoms. The SMILES string of the molecule is COc1cc2c(Nc3ccc(Cl)c(Cl)c3)ncnc2cc1OCC1CN(C(=O)c2ccoc2)CCO1. The molecule has 1 amide bonds. The third-order valence-electron chi connectivity index (χ3n) is 5.72. The summed E-state index contributed by atoms with van der Waals surface area (Å²) in [5.41, 5.74) is 1.90. The standard InChI is InChI=1S/C25H22Cl2N4O5/c1-33-22-9-18-21(28-14-29-24(18)30-16-2-3-19(26)20(27)8-16)10-23(22)36-13-17-11-31(5-7-35-17)25(32)15-4-6-34-12-15/h2-4,6,8-10,12,14,17H,5,7,11,13H2,1H3,(H,28,29,30). The number of benzene rings is 2. The number of hydrogen-bond donors (Lipinski definition) is 1. The summed E-state index contributed by atoms with van der Waals surface area (Å²) in [7, 11) is 1.56. The first-order chi connectivity index (χ1) is 17.5. The van der Waals surface area contributed by atoms with Gasteiger partial charge in [-0.1, -0.05) is 23.2 Å². The van der Waals surface area contributed by atoms with Gasteiger partial charge in [0.15, 0.2) is 11.5 Å². The number of hydrogen-bond acceptors (Lipinski definition) is 8. The second-order valence-electron chi connectivity index (χ2n) is 8.06. The molecular formula is C25H22Cl2N4O5. The first kappa shape index (κ1) is 24.2. The number of halogens is 2. The van der Waals surface area contributed by atoms with E-state index in [1.165, 1.54) is 18.9 Å². The Hall–Kier alpha value is -3.53. The smallest absolute Gasteiger partial charge is 0.257 e. The number of ether oxygens (including phenoxy) is 3. The fraction of sp³-hybridized carbons (Fsp3) is 0.240. The van der Waals surface area contributed by atoms with Crippen LogP contribution in [0, 0.1) is 0 Å². The molecule has 1 unspecified atom stereocenters. The van der Waals surface area contributed by atoms with Crippen LogP contribution in [0.15, 0.2) is 59.7 Å². The van der Waals surface area contributed by atoms with Crippen LogP contribution < -0.4 is 14.8 Å². The monoisotopic (exact) mass is 528 g/mol. The van der Waals surface area contributed by atoms with Crippen LogP contribution in [0.4, 0.5) is 11.5 Å². The Labute approximate surface area is 216 Å². The van der Waals surface area contributed by atoms with Gasteiger partial charge in [-0.05, 0) is 30.3 Å². The number of aromatic nitrogens is 2. The number of morpholine rings is 1. The van der Waals surface area contributed by atoms with Crippen LogP contribution in [0.1, 0.15) is 10.4 Å². The number of nitrogens with one attached hydrogen (secondary N) is 1. The topological polar surface area (TPSA) is 99.0 Å². The summed E-state index contributed by atoms with van der Waals surface area (Å²) < 4.78 is 22.5. The fourth-order valence-corrected chi connectivity index (χ4v) is 4.20. The van der Waals surface area contributed by atoms with Crippen molar-refractivity contribution >= 4 is 51.5 Å². The quantitative estimate of drug-likeness (QED) is 0.349. The van der Waals surface area contributed by atoms with E-state index in [9.17, 15) is 4.79 Å². The summed E-state index contributed by atoms with van der Waals surface area (Å²) in [6.45, 7) is 1.56. The van der Waals surface area contributed by atoms with Gasteiger partial charge >= 0.3 is 0 Å². The van der Waals surface area contributed by atoms with E-state index in [0.29, 0.717) is 58.1 Å². The van der Waals surface area contributed by atoms with Crippen molar-refractivity contribution in [2.75, 3.05) is 38.7 Å². The van der Waals surface area contributed by atoms with Crippen molar-refractivity contribution < 1.29 is 23.4 Å². The van der Waals surface area contributed by atoms with Crippen molar-refractivity contribution in [3.8, 4) is 11.5 Å². The summed E-state index contributed by atoms with van der Waals surface area (Å²) >= 11 is 12.2. The highest BCUT2D eigenvalue weighted by Crippen LogP contribution is 2.35. The zero-order valence-corrected chi connectivity index (χ0v) is 20.8. The van der Waals surface area contributed by atoms with Crippen LogP contribution in [0.3, 0.4) is 0 Å². The maximum Gasteiger partial charge on any atom is 0.257 e. The Morgan fingerprint density at radius 3 is 2.83 bits per heavy atom. The van der Waals surface area contributed by atoms with E-state index in [1.807, 2.05) is 6.07 Å². The molecule has 1 aliphatic heterocycles. The molecule has 3 heterocycles. The lowest BCUT2D eigenvalue weighted by molar-refractivity contribution is -0.0403. The highest BCUT2D eigenvalue weighted by molar-refractivity contribution is 6.42. The minimum atomic E-state index is -0.299. The van der Waals surface area contributed by atoms with Crippen molar-refractivity contribution in [2.24, 2.45) is 0 Å². The van der Waals surface area contributed by atoms with Gasteiger partial charge in [0, 0.05) is 23.7 Å². The third kappa shape index (κ3) is 5.18. The Morgan fingerprint density at radius 2 is 2.06 bits per heavy atom. The Balaban J connectivity index is 1.32. The minimum Gasteiger partial charge on any atom is -0.493 e. The van der Waals surface area contributed by atoms with Crippen LogP contribution in [0.5, 0.6) is 11.5 Å². The van der Waals surface area contributed by atoms with Crippen LogP contribution in [-0.4, -0.2) is 60.3 Å². The number of carbonyl (C=O) groups excluding carboxylic acids is 1. The molecule has 0 spiro atoms. The molecule has 0 saturated carbocycles. The van der Waals surface area contributed by atoms with Crippen molar-refractivity contribution in [3.05, 3.63) is 70.9 Å². The van der Waals surface area contributed by atoms with E-state index in [4.69, 9.17) is 41.8 Å². The second kappa shape index (κ2) is 10.6. The van der Waals surface area contributed by atoms with Gasteiger partial charge in [0.25, 0.3) is 5.91 Å². The Bertz CT molecular complexity index is 1380. The molecule has 2 aromatic heterocycles. The molecule has 1 aliphatic rings. The summed E-state index contributed by atoms with van der Waals surface area (Å²) in [6, 6.07) is 10.5. The highest BCUT2D eigenvalue weighted by Gasteiger charge is 2.26. The molecule has 1 fully saturated rings. The summed E-state index contributed by atoms with van der Waals surface area (Å²) in [5, 5.41) is 4.88. The van der Waals surface area contributed by atoms with Crippen molar-refractivity contribution in [1.29, 1.82) is 0 Å². The largest absolute Gasteiger partial charge is 0.493 e. The molecule has 11 heteroatoms. The number of rotatable bonds is 7. The predicted molar refractivity (Wildman–Crippen MR) is 136 cm³/mol. The Morgan fingerprint density at radius 1 is 1.17 bits per heavy atom. The maximum atomic E-state index is 12.6. The van der Waals surface area contributed by atoms with Crippen LogP contribution in [0.25, 0.3) is 10.9 Å². The molecule has 9 nitrogen and oxygen atoms in total. The molecule has 186 valence electrons.